The molecule has 0 fully saturated rings. The highest BCUT2D eigenvalue weighted by Crippen LogP contribution is 1.98. The summed E-state index contributed by atoms with van der Waals surface area (Å²) < 4.78 is 2.14. The Bertz CT molecular complexity index is 475. The Kier molecular flexibility index (Phi) is 3.44. The average Bonchev–Trinajstić information content (AvgIpc) is 2.31. The molecule has 0 atom stereocenters. The Hall–Kier alpha value is -1.96. The van der Waals surface area contributed by atoms with E-state index in [1.54, 1.807) is 0 Å². The van der Waals surface area contributed by atoms with Crippen LogP contribution >= 0.6 is 0 Å². The molecule has 0 aliphatic rings. The van der Waals surface area contributed by atoms with Crippen molar-refractivity contribution in [2.24, 2.45) is 0 Å². The van der Waals surface area contributed by atoms with Crippen LogP contribution in [0.5, 0.6) is 0 Å². The molecule has 2 nitrogen and oxygen atoms in total. The highest BCUT2D eigenvalue weighted by molar-refractivity contribution is 5.40. The number of aromatic nitrogens is 2. The summed E-state index contributed by atoms with van der Waals surface area (Å²) in [7, 11) is 0. The van der Waals surface area contributed by atoms with Crippen molar-refractivity contribution in [2.45, 2.75) is 13.5 Å². The Labute approximate surface area is 95.9 Å². The standard InChI is InChI=1S/C14H15N2/c1-2-6-14-12-16(10-9-15-14)11-13-7-4-3-5-8-13/h2-10,12H,11H2,1H3/q+1. The van der Waals surface area contributed by atoms with Crippen molar-refractivity contribution in [2.75, 3.05) is 0 Å². The fourth-order valence-corrected chi connectivity index (χ4v) is 1.60. The van der Waals surface area contributed by atoms with E-state index in [-0.39, 0.29) is 0 Å². The maximum absolute atomic E-state index is 4.26. The number of hydrogen-bond acceptors (Lipinski definition) is 1. The predicted molar refractivity (Wildman–Crippen MR) is 64.7 cm³/mol. The molecule has 1 aromatic carbocycles. The van der Waals surface area contributed by atoms with Crippen LogP contribution in [0.3, 0.4) is 0 Å². The molecule has 0 aliphatic carbocycles. The largest absolute Gasteiger partial charge is 0.244 e. The van der Waals surface area contributed by atoms with Crippen LogP contribution in [0.25, 0.3) is 6.08 Å². The molecule has 2 rings (SSSR count). The zero-order valence-corrected chi connectivity index (χ0v) is 9.38. The summed E-state index contributed by atoms with van der Waals surface area (Å²) in [5, 5.41) is 0. The van der Waals surface area contributed by atoms with Crippen LogP contribution in [0.2, 0.25) is 0 Å². The van der Waals surface area contributed by atoms with E-state index in [4.69, 9.17) is 0 Å². The molecule has 0 N–H and O–H groups in total. The van der Waals surface area contributed by atoms with E-state index >= 15 is 0 Å². The van der Waals surface area contributed by atoms with Crippen LogP contribution in [0.4, 0.5) is 0 Å². The second kappa shape index (κ2) is 5.21. The van der Waals surface area contributed by atoms with Gasteiger partial charge in [0.2, 0.25) is 0 Å². The minimum Gasteiger partial charge on any atom is -0.244 e. The summed E-state index contributed by atoms with van der Waals surface area (Å²) in [5.41, 5.74) is 2.28. The van der Waals surface area contributed by atoms with Crippen LogP contribution in [0.15, 0.2) is 55.0 Å². The second-order valence-corrected chi connectivity index (χ2v) is 3.64. The van der Waals surface area contributed by atoms with Crippen LogP contribution in [0, 0.1) is 0 Å². The molecule has 2 heteroatoms. The van der Waals surface area contributed by atoms with Gasteiger partial charge in [-0.2, -0.15) is 4.57 Å². The zero-order valence-electron chi connectivity index (χ0n) is 9.38. The SMILES string of the molecule is CC=Cc1c[n+](Cc2ccccc2)ccn1. The number of benzene rings is 1. The Morgan fingerprint density at radius 1 is 1.25 bits per heavy atom. The Morgan fingerprint density at radius 2 is 2.06 bits per heavy atom. The van der Waals surface area contributed by atoms with Crippen molar-refractivity contribution >= 4 is 6.08 Å². The first-order valence-corrected chi connectivity index (χ1v) is 5.40. The zero-order chi connectivity index (χ0) is 11.2. The summed E-state index contributed by atoms with van der Waals surface area (Å²) >= 11 is 0. The lowest BCUT2D eigenvalue weighted by atomic mass is 10.2. The molecule has 0 radical (unpaired) electrons. The normalized spacial score (nSPS) is 10.8. The minimum atomic E-state index is 0.883. The molecule has 0 unspecified atom stereocenters. The Morgan fingerprint density at radius 3 is 2.81 bits per heavy atom. The summed E-state index contributed by atoms with van der Waals surface area (Å²) in [4.78, 5) is 4.26. The molecule has 0 spiro atoms. The quantitative estimate of drug-likeness (QED) is 0.713. The van der Waals surface area contributed by atoms with Gasteiger partial charge >= 0.3 is 0 Å². The highest BCUT2D eigenvalue weighted by Gasteiger charge is 2.02. The van der Waals surface area contributed by atoms with Crippen LogP contribution < -0.4 is 4.57 Å². The van der Waals surface area contributed by atoms with Crippen molar-refractivity contribution in [3.8, 4) is 0 Å². The number of rotatable bonds is 3. The summed E-state index contributed by atoms with van der Waals surface area (Å²) in [6.45, 7) is 2.88. The molecular weight excluding hydrogens is 196 g/mol. The third-order valence-electron chi connectivity index (χ3n) is 2.33. The number of allylic oxidation sites excluding steroid dienone is 1. The average molecular weight is 211 g/mol. The maximum Gasteiger partial charge on any atom is 0.194 e. The topological polar surface area (TPSA) is 16.8 Å². The molecule has 2 aromatic rings. The van der Waals surface area contributed by atoms with Gasteiger partial charge < -0.3 is 0 Å². The van der Waals surface area contributed by atoms with Crippen molar-refractivity contribution in [3.05, 3.63) is 66.3 Å². The molecule has 0 saturated heterocycles. The van der Waals surface area contributed by atoms with E-state index in [0.717, 1.165) is 12.2 Å². The van der Waals surface area contributed by atoms with Gasteiger partial charge in [0, 0.05) is 5.56 Å². The molecular formula is C14H15N2+. The van der Waals surface area contributed by atoms with Crippen LogP contribution in [0.1, 0.15) is 18.2 Å². The summed E-state index contributed by atoms with van der Waals surface area (Å²) in [5.74, 6) is 0. The van der Waals surface area contributed by atoms with Gasteiger partial charge in [-0.25, -0.2) is 4.98 Å². The van der Waals surface area contributed by atoms with Gasteiger partial charge in [-0.1, -0.05) is 36.4 Å². The van der Waals surface area contributed by atoms with Gasteiger partial charge in [0.25, 0.3) is 0 Å². The highest BCUT2D eigenvalue weighted by atomic mass is 15.0. The minimum absolute atomic E-state index is 0.883. The lowest BCUT2D eigenvalue weighted by molar-refractivity contribution is -0.689. The van der Waals surface area contributed by atoms with E-state index in [9.17, 15) is 0 Å². The smallest absolute Gasteiger partial charge is 0.194 e. The maximum atomic E-state index is 4.26. The van der Waals surface area contributed by atoms with Gasteiger partial charge in [0.05, 0.1) is 6.20 Å². The van der Waals surface area contributed by atoms with Gasteiger partial charge in [-0.05, 0) is 13.0 Å². The molecule has 0 amide bonds. The predicted octanol–water partition coefficient (Wildman–Crippen LogP) is 2.45. The second-order valence-electron chi connectivity index (χ2n) is 3.64. The summed E-state index contributed by atoms with van der Waals surface area (Å²) in [6, 6.07) is 10.4. The number of hydrogen-bond donors (Lipinski definition) is 0. The lowest BCUT2D eigenvalue weighted by Gasteiger charge is -1.97. The van der Waals surface area contributed by atoms with Crippen molar-refractivity contribution in [1.29, 1.82) is 0 Å². The molecule has 16 heavy (non-hydrogen) atoms. The molecule has 0 bridgehead atoms. The van der Waals surface area contributed by atoms with Crippen LogP contribution in [-0.4, -0.2) is 4.98 Å². The first-order valence-electron chi connectivity index (χ1n) is 5.40. The first-order chi connectivity index (χ1) is 7.88. The number of nitrogens with zero attached hydrogens (tertiary/aromatic N) is 2. The lowest BCUT2D eigenvalue weighted by Crippen LogP contribution is -2.33. The van der Waals surface area contributed by atoms with E-state index in [0.29, 0.717) is 0 Å². The third-order valence-corrected chi connectivity index (χ3v) is 2.33. The Balaban J connectivity index is 2.19. The van der Waals surface area contributed by atoms with Gasteiger partial charge in [0.15, 0.2) is 18.9 Å². The molecule has 1 heterocycles. The monoisotopic (exact) mass is 211 g/mol. The van der Waals surface area contributed by atoms with Crippen molar-refractivity contribution in [3.63, 3.8) is 0 Å². The van der Waals surface area contributed by atoms with E-state index in [1.165, 1.54) is 5.56 Å². The van der Waals surface area contributed by atoms with Crippen LogP contribution in [-0.2, 0) is 6.54 Å². The first kappa shape index (κ1) is 10.6. The van der Waals surface area contributed by atoms with E-state index < -0.39 is 0 Å². The van der Waals surface area contributed by atoms with Crippen molar-refractivity contribution in [1.82, 2.24) is 4.98 Å². The van der Waals surface area contributed by atoms with E-state index in [2.05, 4.69) is 33.8 Å². The van der Waals surface area contributed by atoms with Gasteiger partial charge in [-0.15, -0.1) is 0 Å². The third kappa shape index (κ3) is 2.76. The summed E-state index contributed by atoms with van der Waals surface area (Å²) in [6.07, 6.45) is 9.86. The molecule has 0 saturated carbocycles. The van der Waals surface area contributed by atoms with Gasteiger partial charge in [-0.3, -0.25) is 0 Å². The fraction of sp³-hybridized carbons (Fsp3) is 0.143. The van der Waals surface area contributed by atoms with Gasteiger partial charge in [0.1, 0.15) is 5.69 Å². The van der Waals surface area contributed by atoms with E-state index in [1.807, 2.05) is 43.7 Å². The molecule has 1 aromatic heterocycles. The van der Waals surface area contributed by atoms with Crippen molar-refractivity contribution < 1.29 is 4.57 Å². The molecule has 80 valence electrons. The molecule has 0 aliphatic heterocycles. The fourth-order valence-electron chi connectivity index (χ4n) is 1.60.